The van der Waals surface area contributed by atoms with Crippen LogP contribution < -0.4 is 10.0 Å². The van der Waals surface area contributed by atoms with E-state index in [0.29, 0.717) is 16.9 Å². The third kappa shape index (κ3) is 4.43. The highest BCUT2D eigenvalue weighted by Crippen LogP contribution is 2.23. The number of hydrogen-bond acceptors (Lipinski definition) is 4. The number of amides is 1. The first kappa shape index (κ1) is 19.7. The number of anilines is 2. The lowest BCUT2D eigenvalue weighted by atomic mass is 10.1. The van der Waals surface area contributed by atoms with E-state index in [9.17, 15) is 13.2 Å². The molecule has 0 saturated heterocycles. The van der Waals surface area contributed by atoms with E-state index in [1.807, 2.05) is 24.3 Å². The lowest BCUT2D eigenvalue weighted by molar-refractivity contribution is 0.102. The van der Waals surface area contributed by atoms with Crippen LogP contribution in [0.3, 0.4) is 0 Å². The van der Waals surface area contributed by atoms with Crippen molar-refractivity contribution < 1.29 is 17.6 Å². The molecule has 3 rings (SSSR count). The molecule has 0 aliphatic rings. The number of furan rings is 1. The van der Waals surface area contributed by atoms with Crippen molar-refractivity contribution in [3.8, 4) is 11.3 Å². The molecule has 3 aromatic rings. The van der Waals surface area contributed by atoms with Gasteiger partial charge in [0.05, 0.1) is 11.0 Å². The van der Waals surface area contributed by atoms with E-state index in [-0.39, 0.29) is 5.91 Å². The van der Waals surface area contributed by atoms with Crippen molar-refractivity contribution in [3.63, 3.8) is 0 Å². The SMILES string of the molecule is CC(C)(C)S(=O)(=O)Nc1ccc(C(=O)Nc2ccc(-c3ccco3)cc2)cc1. The van der Waals surface area contributed by atoms with E-state index in [0.717, 1.165) is 11.3 Å². The highest BCUT2D eigenvalue weighted by molar-refractivity contribution is 7.94. The summed E-state index contributed by atoms with van der Waals surface area (Å²) in [5.41, 5.74) is 2.40. The minimum Gasteiger partial charge on any atom is -0.464 e. The Morgan fingerprint density at radius 2 is 1.50 bits per heavy atom. The van der Waals surface area contributed by atoms with Crippen LogP contribution in [0, 0.1) is 0 Å². The van der Waals surface area contributed by atoms with Crippen LogP contribution in [-0.4, -0.2) is 19.1 Å². The number of rotatable bonds is 5. The van der Waals surface area contributed by atoms with Gasteiger partial charge in [-0.1, -0.05) is 0 Å². The summed E-state index contributed by atoms with van der Waals surface area (Å²) < 4.78 is 31.3. The Balaban J connectivity index is 1.66. The quantitative estimate of drug-likeness (QED) is 0.650. The average molecular weight is 398 g/mol. The molecule has 1 heterocycles. The lowest BCUT2D eigenvalue weighted by Gasteiger charge is -2.20. The topological polar surface area (TPSA) is 88.4 Å². The second-order valence-corrected chi connectivity index (χ2v) is 9.74. The number of carbonyl (C=O) groups is 1. The largest absolute Gasteiger partial charge is 0.464 e. The van der Waals surface area contributed by atoms with E-state index in [1.165, 1.54) is 0 Å². The van der Waals surface area contributed by atoms with Gasteiger partial charge in [0.25, 0.3) is 5.91 Å². The molecule has 0 aliphatic carbocycles. The number of hydrogen-bond donors (Lipinski definition) is 2. The maximum atomic E-state index is 12.4. The Labute approximate surface area is 164 Å². The molecule has 6 nitrogen and oxygen atoms in total. The van der Waals surface area contributed by atoms with Gasteiger partial charge in [-0.05, 0) is 81.4 Å². The van der Waals surface area contributed by atoms with E-state index >= 15 is 0 Å². The van der Waals surface area contributed by atoms with Crippen LogP contribution >= 0.6 is 0 Å². The monoisotopic (exact) mass is 398 g/mol. The van der Waals surface area contributed by atoms with Gasteiger partial charge in [-0.25, -0.2) is 8.42 Å². The van der Waals surface area contributed by atoms with Gasteiger partial charge in [0, 0.05) is 22.5 Å². The predicted molar refractivity (Wildman–Crippen MR) is 111 cm³/mol. The summed E-state index contributed by atoms with van der Waals surface area (Å²) in [6.07, 6.45) is 1.61. The first-order valence-electron chi connectivity index (χ1n) is 8.73. The fourth-order valence-electron chi connectivity index (χ4n) is 2.36. The minimum atomic E-state index is -3.51. The first-order chi connectivity index (χ1) is 13.2. The van der Waals surface area contributed by atoms with E-state index in [4.69, 9.17) is 4.42 Å². The molecule has 2 aromatic carbocycles. The normalized spacial score (nSPS) is 11.8. The third-order valence-corrected chi connectivity index (χ3v) is 6.27. The summed E-state index contributed by atoms with van der Waals surface area (Å²) >= 11 is 0. The van der Waals surface area contributed by atoms with Crippen molar-refractivity contribution in [1.29, 1.82) is 0 Å². The zero-order valence-electron chi connectivity index (χ0n) is 15.9. The molecule has 28 heavy (non-hydrogen) atoms. The Hall–Kier alpha value is -3.06. The van der Waals surface area contributed by atoms with E-state index in [2.05, 4.69) is 10.0 Å². The van der Waals surface area contributed by atoms with Gasteiger partial charge in [0.15, 0.2) is 0 Å². The van der Waals surface area contributed by atoms with Crippen LogP contribution in [0.4, 0.5) is 11.4 Å². The number of benzene rings is 2. The summed E-state index contributed by atoms with van der Waals surface area (Å²) in [5.74, 6) is 0.474. The summed E-state index contributed by atoms with van der Waals surface area (Å²) in [7, 11) is -3.51. The number of carbonyl (C=O) groups excluding carboxylic acids is 1. The highest BCUT2D eigenvalue weighted by Gasteiger charge is 2.28. The van der Waals surface area contributed by atoms with Crippen molar-refractivity contribution in [3.05, 3.63) is 72.5 Å². The van der Waals surface area contributed by atoms with Crippen molar-refractivity contribution in [2.24, 2.45) is 0 Å². The van der Waals surface area contributed by atoms with Crippen LogP contribution in [0.15, 0.2) is 71.3 Å². The van der Waals surface area contributed by atoms with Gasteiger partial charge in [0.2, 0.25) is 10.0 Å². The molecule has 0 atom stereocenters. The molecule has 0 spiro atoms. The Morgan fingerprint density at radius 3 is 2.04 bits per heavy atom. The zero-order valence-corrected chi connectivity index (χ0v) is 16.7. The van der Waals surface area contributed by atoms with Gasteiger partial charge >= 0.3 is 0 Å². The van der Waals surface area contributed by atoms with Gasteiger partial charge in [-0.15, -0.1) is 0 Å². The molecular formula is C21H22N2O4S. The molecule has 0 fully saturated rings. The maximum Gasteiger partial charge on any atom is 0.255 e. The van der Waals surface area contributed by atoms with Crippen LogP contribution in [-0.2, 0) is 10.0 Å². The molecule has 0 bridgehead atoms. The predicted octanol–water partition coefficient (Wildman–Crippen LogP) is 4.74. The van der Waals surface area contributed by atoms with E-state index < -0.39 is 14.8 Å². The summed E-state index contributed by atoms with van der Waals surface area (Å²) in [6.45, 7) is 4.86. The fourth-order valence-corrected chi connectivity index (χ4v) is 3.11. The Morgan fingerprint density at radius 1 is 0.893 bits per heavy atom. The summed E-state index contributed by atoms with van der Waals surface area (Å²) in [4.78, 5) is 12.4. The van der Waals surface area contributed by atoms with Crippen molar-refractivity contribution in [2.45, 2.75) is 25.5 Å². The molecule has 0 aliphatic heterocycles. The maximum absolute atomic E-state index is 12.4. The summed E-state index contributed by atoms with van der Waals surface area (Å²) in [5, 5.41) is 2.81. The molecule has 0 saturated carbocycles. The fraction of sp³-hybridized carbons (Fsp3) is 0.190. The van der Waals surface area contributed by atoms with Crippen molar-refractivity contribution in [1.82, 2.24) is 0 Å². The van der Waals surface area contributed by atoms with E-state index in [1.54, 1.807) is 63.4 Å². The molecular weight excluding hydrogens is 376 g/mol. The van der Waals surface area contributed by atoms with Crippen LogP contribution in [0.5, 0.6) is 0 Å². The van der Waals surface area contributed by atoms with Crippen LogP contribution in [0.25, 0.3) is 11.3 Å². The lowest BCUT2D eigenvalue weighted by Crippen LogP contribution is -2.33. The molecule has 1 aromatic heterocycles. The third-order valence-electron chi connectivity index (χ3n) is 4.15. The molecule has 0 radical (unpaired) electrons. The van der Waals surface area contributed by atoms with Crippen molar-refractivity contribution >= 4 is 27.3 Å². The average Bonchev–Trinajstić information content (AvgIpc) is 3.16. The minimum absolute atomic E-state index is 0.282. The second-order valence-electron chi connectivity index (χ2n) is 7.30. The van der Waals surface area contributed by atoms with Gasteiger partial charge < -0.3 is 9.73 Å². The van der Waals surface area contributed by atoms with Gasteiger partial charge in [-0.2, -0.15) is 0 Å². The molecule has 2 N–H and O–H groups in total. The molecule has 7 heteroatoms. The number of sulfonamides is 1. The first-order valence-corrected chi connectivity index (χ1v) is 10.2. The van der Waals surface area contributed by atoms with Crippen LogP contribution in [0.2, 0.25) is 0 Å². The van der Waals surface area contributed by atoms with Crippen LogP contribution in [0.1, 0.15) is 31.1 Å². The molecule has 0 unspecified atom stereocenters. The second kappa shape index (κ2) is 7.52. The molecule has 1 amide bonds. The highest BCUT2D eigenvalue weighted by atomic mass is 32.2. The Bertz CT molecular complexity index is 1050. The van der Waals surface area contributed by atoms with Gasteiger partial charge in [-0.3, -0.25) is 9.52 Å². The Kier molecular flexibility index (Phi) is 5.29. The van der Waals surface area contributed by atoms with Gasteiger partial charge in [0.1, 0.15) is 5.76 Å². The standard InChI is InChI=1S/C21H22N2O4S/c1-21(2,3)28(25,26)23-18-12-8-16(9-13-18)20(24)22-17-10-6-15(7-11-17)19-5-4-14-27-19/h4-14,23H,1-3H3,(H,22,24). The number of nitrogens with one attached hydrogen (secondary N) is 2. The zero-order chi connectivity index (χ0) is 20.4. The van der Waals surface area contributed by atoms with Crippen molar-refractivity contribution in [2.75, 3.05) is 10.0 Å². The summed E-state index contributed by atoms with van der Waals surface area (Å²) in [6, 6.07) is 17.3. The smallest absolute Gasteiger partial charge is 0.255 e. The molecule has 146 valence electrons.